The molecule has 0 radical (unpaired) electrons. The van der Waals surface area contributed by atoms with E-state index in [-0.39, 0.29) is 54.3 Å². The van der Waals surface area contributed by atoms with Crippen molar-refractivity contribution in [3.63, 3.8) is 0 Å². The van der Waals surface area contributed by atoms with E-state index in [9.17, 15) is 24.3 Å². The summed E-state index contributed by atoms with van der Waals surface area (Å²) >= 11 is 0. The van der Waals surface area contributed by atoms with Crippen LogP contribution in [0.25, 0.3) is 0 Å². The van der Waals surface area contributed by atoms with E-state index in [4.69, 9.17) is 0 Å². The van der Waals surface area contributed by atoms with Crippen LogP contribution >= 0.6 is 0 Å². The maximum Gasteiger partial charge on any atom is 0.254 e. The van der Waals surface area contributed by atoms with E-state index in [2.05, 4.69) is 10.6 Å². The molecular formula is C32H39FN4O5. The van der Waals surface area contributed by atoms with E-state index in [0.717, 1.165) is 24.8 Å². The first-order chi connectivity index (χ1) is 20.2. The molecule has 9 nitrogen and oxygen atoms in total. The van der Waals surface area contributed by atoms with E-state index in [1.807, 2.05) is 30.3 Å². The highest BCUT2D eigenvalue weighted by Gasteiger charge is 2.33. The lowest BCUT2D eigenvalue weighted by Gasteiger charge is -2.30. The van der Waals surface area contributed by atoms with Gasteiger partial charge in [0.2, 0.25) is 17.7 Å². The number of carbonyl (C=O) groups is 4. The topological polar surface area (TPSA) is 119 Å². The fraction of sp³-hybridized carbons (Fsp3) is 0.500. The number of halogens is 1. The Labute approximate surface area is 245 Å². The average Bonchev–Trinajstić information content (AvgIpc) is 3.58. The molecule has 224 valence electrons. The summed E-state index contributed by atoms with van der Waals surface area (Å²) in [6, 6.07) is 11.5. The van der Waals surface area contributed by atoms with Gasteiger partial charge in [-0.3, -0.25) is 19.2 Å². The molecule has 10 heteroatoms. The highest BCUT2D eigenvalue weighted by molar-refractivity contribution is 6.03. The fourth-order valence-corrected chi connectivity index (χ4v) is 5.86. The van der Waals surface area contributed by atoms with Crippen LogP contribution in [0.4, 0.5) is 15.8 Å². The summed E-state index contributed by atoms with van der Waals surface area (Å²) in [6.07, 6.45) is 4.12. The van der Waals surface area contributed by atoms with Crippen molar-refractivity contribution in [2.45, 2.75) is 82.9 Å². The predicted molar refractivity (Wildman–Crippen MR) is 157 cm³/mol. The Morgan fingerprint density at radius 3 is 2.26 bits per heavy atom. The molecule has 2 aliphatic heterocycles. The molecule has 2 aromatic rings. The van der Waals surface area contributed by atoms with Crippen molar-refractivity contribution in [2.24, 2.45) is 5.92 Å². The number of hydrogen-bond donors (Lipinski definition) is 3. The van der Waals surface area contributed by atoms with Gasteiger partial charge in [0.15, 0.2) is 5.82 Å². The highest BCUT2D eigenvalue weighted by Crippen LogP contribution is 2.34. The smallest absolute Gasteiger partial charge is 0.254 e. The zero-order valence-corrected chi connectivity index (χ0v) is 24.0. The van der Waals surface area contributed by atoms with Gasteiger partial charge in [-0.05, 0) is 62.6 Å². The molecular weight excluding hydrogens is 539 g/mol. The van der Waals surface area contributed by atoms with Crippen LogP contribution in [-0.2, 0) is 20.8 Å². The molecule has 3 atom stereocenters. The minimum Gasteiger partial charge on any atom is -0.391 e. The highest BCUT2D eigenvalue weighted by atomic mass is 19.1. The zero-order valence-electron chi connectivity index (χ0n) is 24.0. The zero-order chi connectivity index (χ0) is 29.8. The predicted octanol–water partition coefficient (Wildman–Crippen LogP) is 3.48. The number of carbonyl (C=O) groups excluding carboxylic acids is 4. The Balaban J connectivity index is 1.41. The summed E-state index contributed by atoms with van der Waals surface area (Å²) in [5.74, 6) is -2.61. The van der Waals surface area contributed by atoms with Crippen molar-refractivity contribution >= 4 is 35.0 Å². The normalized spacial score (nSPS) is 19.4. The second kappa shape index (κ2) is 13.0. The SMILES string of the molecule is C[C@H](C[C@H](O)[C@H](Cc1ccccc1)NC(=O)c1cc(N2CCCC2=O)cc(N2CCCC2=O)c1F)C(=O)NC1CCC1. The number of nitrogens with zero attached hydrogens (tertiary/aromatic N) is 2. The van der Waals surface area contributed by atoms with Gasteiger partial charge in [-0.25, -0.2) is 4.39 Å². The molecule has 0 unspecified atom stereocenters. The second-order valence-corrected chi connectivity index (χ2v) is 11.7. The number of rotatable bonds is 11. The third-order valence-electron chi connectivity index (χ3n) is 8.61. The average molecular weight is 579 g/mol. The van der Waals surface area contributed by atoms with Crippen LogP contribution in [0.2, 0.25) is 0 Å². The minimum atomic E-state index is -1.10. The summed E-state index contributed by atoms with van der Waals surface area (Å²) in [7, 11) is 0. The third-order valence-corrected chi connectivity index (χ3v) is 8.61. The first-order valence-corrected chi connectivity index (χ1v) is 15.0. The van der Waals surface area contributed by atoms with Crippen LogP contribution in [0.1, 0.15) is 74.2 Å². The summed E-state index contributed by atoms with van der Waals surface area (Å²) in [5.41, 5.74) is 0.887. The number of anilines is 2. The Hall–Kier alpha value is -3.79. The van der Waals surface area contributed by atoms with Crippen molar-refractivity contribution in [2.75, 3.05) is 22.9 Å². The van der Waals surface area contributed by atoms with Crippen molar-refractivity contribution in [1.82, 2.24) is 10.6 Å². The number of aliphatic hydroxyl groups is 1. The molecule has 0 spiro atoms. The monoisotopic (exact) mass is 578 g/mol. The molecule has 2 aromatic carbocycles. The maximum atomic E-state index is 16.0. The number of amides is 4. The van der Waals surface area contributed by atoms with Gasteiger partial charge in [-0.1, -0.05) is 37.3 Å². The molecule has 4 amide bonds. The molecule has 5 rings (SSSR count). The van der Waals surface area contributed by atoms with Crippen LogP contribution in [-0.4, -0.2) is 60.0 Å². The summed E-state index contributed by atoms with van der Waals surface area (Å²) in [5, 5.41) is 17.1. The van der Waals surface area contributed by atoms with E-state index in [0.29, 0.717) is 38.0 Å². The van der Waals surface area contributed by atoms with Crippen molar-refractivity contribution in [3.05, 3.63) is 59.4 Å². The van der Waals surface area contributed by atoms with Gasteiger partial charge in [-0.2, -0.15) is 0 Å². The Kier molecular flexibility index (Phi) is 9.21. The second-order valence-electron chi connectivity index (χ2n) is 11.7. The van der Waals surface area contributed by atoms with Crippen LogP contribution in [0.15, 0.2) is 42.5 Å². The van der Waals surface area contributed by atoms with E-state index >= 15 is 4.39 Å². The number of hydrogen-bond acceptors (Lipinski definition) is 5. The summed E-state index contributed by atoms with van der Waals surface area (Å²) < 4.78 is 16.0. The molecule has 3 N–H and O–H groups in total. The molecule has 0 bridgehead atoms. The van der Waals surface area contributed by atoms with Gasteiger partial charge < -0.3 is 25.5 Å². The maximum absolute atomic E-state index is 16.0. The van der Waals surface area contributed by atoms with Crippen LogP contribution < -0.4 is 20.4 Å². The third kappa shape index (κ3) is 6.64. The van der Waals surface area contributed by atoms with Crippen LogP contribution in [0.3, 0.4) is 0 Å². The largest absolute Gasteiger partial charge is 0.391 e. The summed E-state index contributed by atoms with van der Waals surface area (Å²) in [4.78, 5) is 54.4. The lowest BCUT2D eigenvalue weighted by Crippen LogP contribution is -2.48. The van der Waals surface area contributed by atoms with Crippen molar-refractivity contribution in [3.8, 4) is 0 Å². The first-order valence-electron chi connectivity index (χ1n) is 15.0. The molecule has 1 aliphatic carbocycles. The standard InChI is InChI=1S/C32H39FN4O5/c1-20(31(41)34-22-10-5-11-22)16-27(38)25(17-21-8-3-2-4-9-21)35-32(42)24-18-23(36-14-6-12-28(36)39)19-26(30(24)33)37-15-7-13-29(37)40/h2-4,8-9,18-20,22,25,27,38H,5-7,10-17H2,1H3,(H,34,41)(H,35,42)/t20-,25+,27+/m1/s1. The quantitative estimate of drug-likeness (QED) is 0.377. The molecule has 3 fully saturated rings. The minimum absolute atomic E-state index is 0.0266. The number of nitrogens with one attached hydrogen (secondary N) is 2. The molecule has 3 aliphatic rings. The Morgan fingerprint density at radius 1 is 1.00 bits per heavy atom. The van der Waals surface area contributed by atoms with E-state index in [1.54, 1.807) is 6.92 Å². The van der Waals surface area contributed by atoms with Gasteiger partial charge in [0, 0.05) is 43.6 Å². The lowest BCUT2D eigenvalue weighted by atomic mass is 9.90. The molecule has 2 saturated heterocycles. The molecule has 2 heterocycles. The lowest BCUT2D eigenvalue weighted by molar-refractivity contribution is -0.127. The fourth-order valence-electron chi connectivity index (χ4n) is 5.86. The van der Waals surface area contributed by atoms with Gasteiger partial charge in [0.25, 0.3) is 5.91 Å². The molecule has 42 heavy (non-hydrogen) atoms. The van der Waals surface area contributed by atoms with Crippen LogP contribution in [0.5, 0.6) is 0 Å². The van der Waals surface area contributed by atoms with Gasteiger partial charge >= 0.3 is 0 Å². The van der Waals surface area contributed by atoms with E-state index < -0.39 is 29.8 Å². The first kappa shape index (κ1) is 29.7. The van der Waals surface area contributed by atoms with Crippen LogP contribution in [0, 0.1) is 11.7 Å². The van der Waals surface area contributed by atoms with E-state index in [1.165, 1.54) is 21.9 Å². The van der Waals surface area contributed by atoms with Gasteiger partial charge in [-0.15, -0.1) is 0 Å². The van der Waals surface area contributed by atoms with Gasteiger partial charge in [0.1, 0.15) is 0 Å². The Morgan fingerprint density at radius 2 is 1.67 bits per heavy atom. The number of aliphatic hydroxyl groups excluding tert-OH is 1. The molecule has 1 saturated carbocycles. The number of benzene rings is 2. The van der Waals surface area contributed by atoms with Crippen molar-refractivity contribution in [1.29, 1.82) is 0 Å². The van der Waals surface area contributed by atoms with Crippen molar-refractivity contribution < 1.29 is 28.7 Å². The Bertz CT molecular complexity index is 1330. The summed E-state index contributed by atoms with van der Waals surface area (Å²) in [6.45, 7) is 2.51. The molecule has 0 aromatic heterocycles. The van der Waals surface area contributed by atoms with Gasteiger partial charge in [0.05, 0.1) is 23.4 Å².